The normalized spacial score (nSPS) is 14.9. The summed E-state index contributed by atoms with van der Waals surface area (Å²) in [5.74, 6) is 1.36. The lowest BCUT2D eigenvalue weighted by Crippen LogP contribution is -2.22. The molecule has 1 aromatic carbocycles. The molecule has 1 nitrogen and oxygen atoms in total. The third kappa shape index (κ3) is 4.91. The van der Waals surface area contributed by atoms with Gasteiger partial charge >= 0.3 is 0 Å². The predicted molar refractivity (Wildman–Crippen MR) is 76.5 cm³/mol. The average molecular weight is 233 g/mol. The van der Waals surface area contributed by atoms with Crippen LogP contribution in [0.5, 0.6) is 0 Å². The minimum Gasteiger partial charge on any atom is -0.317 e. The Morgan fingerprint density at radius 1 is 1.12 bits per heavy atom. The lowest BCUT2D eigenvalue weighted by Gasteiger charge is -2.18. The quantitative estimate of drug-likeness (QED) is 0.783. The van der Waals surface area contributed by atoms with Crippen LogP contribution in [0.3, 0.4) is 0 Å². The molecule has 2 atom stereocenters. The van der Waals surface area contributed by atoms with Crippen LogP contribution >= 0.6 is 0 Å². The van der Waals surface area contributed by atoms with Gasteiger partial charge in [0.1, 0.15) is 0 Å². The summed E-state index contributed by atoms with van der Waals surface area (Å²) < 4.78 is 0. The van der Waals surface area contributed by atoms with Gasteiger partial charge in [-0.15, -0.1) is 0 Å². The van der Waals surface area contributed by atoms with Gasteiger partial charge in [-0.2, -0.15) is 0 Å². The molecule has 0 bridgehead atoms. The zero-order valence-corrected chi connectivity index (χ0v) is 12.0. The smallest absolute Gasteiger partial charge is 0.00414 e. The largest absolute Gasteiger partial charge is 0.317 e. The van der Waals surface area contributed by atoms with Gasteiger partial charge in [-0.05, 0) is 49.8 Å². The predicted octanol–water partition coefficient (Wildman–Crippen LogP) is 3.99. The highest BCUT2D eigenvalue weighted by Gasteiger charge is 2.10. The van der Waals surface area contributed by atoms with Crippen molar-refractivity contribution in [1.29, 1.82) is 0 Å². The highest BCUT2D eigenvalue weighted by molar-refractivity contribution is 5.26. The van der Waals surface area contributed by atoms with Crippen molar-refractivity contribution in [1.82, 2.24) is 5.32 Å². The topological polar surface area (TPSA) is 12.0 Å². The van der Waals surface area contributed by atoms with Crippen molar-refractivity contribution in [2.75, 3.05) is 7.05 Å². The Morgan fingerprint density at radius 3 is 2.41 bits per heavy atom. The summed E-state index contributed by atoms with van der Waals surface area (Å²) >= 11 is 0. The Bertz CT molecular complexity index is 330. The monoisotopic (exact) mass is 233 g/mol. The summed E-state index contributed by atoms with van der Waals surface area (Å²) in [6.07, 6.45) is 2.38. The maximum absolute atomic E-state index is 3.31. The molecule has 96 valence electrons. The average Bonchev–Trinajstić information content (AvgIpc) is 2.28. The summed E-state index contributed by atoms with van der Waals surface area (Å²) in [4.78, 5) is 0. The molecule has 1 aromatic rings. The van der Waals surface area contributed by atoms with Gasteiger partial charge in [0.05, 0.1) is 0 Å². The van der Waals surface area contributed by atoms with Crippen LogP contribution in [0.1, 0.15) is 51.2 Å². The first-order valence-corrected chi connectivity index (χ1v) is 6.79. The first-order valence-electron chi connectivity index (χ1n) is 6.79. The van der Waals surface area contributed by atoms with E-state index in [1.165, 1.54) is 24.0 Å². The van der Waals surface area contributed by atoms with Gasteiger partial charge in [0.2, 0.25) is 0 Å². The fraction of sp³-hybridized carbons (Fsp3) is 0.625. The van der Waals surface area contributed by atoms with Crippen LogP contribution in [-0.4, -0.2) is 13.1 Å². The van der Waals surface area contributed by atoms with Crippen molar-refractivity contribution < 1.29 is 0 Å². The molecule has 0 spiro atoms. The second kappa shape index (κ2) is 6.80. The molecule has 2 unspecified atom stereocenters. The molecule has 0 aliphatic carbocycles. The molecule has 0 amide bonds. The lowest BCUT2D eigenvalue weighted by atomic mass is 9.91. The van der Waals surface area contributed by atoms with E-state index in [0.717, 1.165) is 5.92 Å². The van der Waals surface area contributed by atoms with E-state index in [9.17, 15) is 0 Å². The Balaban J connectivity index is 2.70. The van der Waals surface area contributed by atoms with Gasteiger partial charge < -0.3 is 5.32 Å². The number of nitrogens with one attached hydrogen (secondary N) is 1. The van der Waals surface area contributed by atoms with Crippen LogP contribution in [0.25, 0.3) is 0 Å². The Hall–Kier alpha value is -0.820. The number of hydrogen-bond acceptors (Lipinski definition) is 1. The molecule has 0 aliphatic heterocycles. The van der Waals surface area contributed by atoms with Crippen LogP contribution in [0, 0.1) is 5.92 Å². The summed E-state index contributed by atoms with van der Waals surface area (Å²) in [6.45, 7) is 9.12. The minimum atomic E-state index is 0.582. The van der Waals surface area contributed by atoms with Gasteiger partial charge in [-0.3, -0.25) is 0 Å². The highest BCUT2D eigenvalue weighted by Crippen LogP contribution is 2.22. The molecule has 17 heavy (non-hydrogen) atoms. The maximum atomic E-state index is 3.31. The van der Waals surface area contributed by atoms with Gasteiger partial charge in [0.15, 0.2) is 0 Å². The zero-order valence-electron chi connectivity index (χ0n) is 12.0. The van der Waals surface area contributed by atoms with E-state index in [1.807, 2.05) is 7.05 Å². The van der Waals surface area contributed by atoms with Crippen LogP contribution in [0.2, 0.25) is 0 Å². The van der Waals surface area contributed by atoms with Crippen molar-refractivity contribution in [3.63, 3.8) is 0 Å². The van der Waals surface area contributed by atoms with Gasteiger partial charge in [-0.25, -0.2) is 0 Å². The third-order valence-electron chi connectivity index (χ3n) is 3.36. The van der Waals surface area contributed by atoms with Gasteiger partial charge in [0.25, 0.3) is 0 Å². The molecule has 0 fully saturated rings. The van der Waals surface area contributed by atoms with E-state index in [4.69, 9.17) is 0 Å². The second-order valence-electron chi connectivity index (χ2n) is 5.67. The number of benzene rings is 1. The molecule has 0 heterocycles. The molecular formula is C16H27N. The summed E-state index contributed by atoms with van der Waals surface area (Å²) in [6, 6.07) is 9.67. The van der Waals surface area contributed by atoms with Crippen molar-refractivity contribution in [3.8, 4) is 0 Å². The van der Waals surface area contributed by atoms with Crippen LogP contribution in [0.15, 0.2) is 24.3 Å². The van der Waals surface area contributed by atoms with E-state index in [2.05, 4.69) is 57.3 Å². The van der Waals surface area contributed by atoms with Crippen molar-refractivity contribution in [3.05, 3.63) is 35.4 Å². The molecule has 0 saturated carbocycles. The van der Waals surface area contributed by atoms with E-state index in [1.54, 1.807) is 0 Å². The molecular weight excluding hydrogens is 206 g/mol. The lowest BCUT2D eigenvalue weighted by molar-refractivity contribution is 0.515. The standard InChI is InChI=1S/C16H27N/c1-12(2)9-15-7-6-8-16(11-15)13(3)10-14(4)17-5/h6-8,11-14,17H,9-10H2,1-5H3. The SMILES string of the molecule is CNC(C)CC(C)c1cccc(CC(C)C)c1. The van der Waals surface area contributed by atoms with E-state index in [-0.39, 0.29) is 0 Å². The first-order chi connectivity index (χ1) is 8.02. The summed E-state index contributed by atoms with van der Waals surface area (Å²) in [5.41, 5.74) is 2.95. The Labute approximate surface area is 107 Å². The second-order valence-corrected chi connectivity index (χ2v) is 5.67. The zero-order chi connectivity index (χ0) is 12.8. The molecule has 1 rings (SSSR count). The molecule has 0 aliphatic rings. The number of hydrogen-bond donors (Lipinski definition) is 1. The molecule has 1 N–H and O–H groups in total. The van der Waals surface area contributed by atoms with Crippen molar-refractivity contribution >= 4 is 0 Å². The minimum absolute atomic E-state index is 0.582. The molecule has 0 radical (unpaired) electrons. The van der Waals surface area contributed by atoms with Gasteiger partial charge in [-0.1, -0.05) is 45.0 Å². The van der Waals surface area contributed by atoms with Gasteiger partial charge in [0, 0.05) is 6.04 Å². The van der Waals surface area contributed by atoms with E-state index >= 15 is 0 Å². The fourth-order valence-corrected chi connectivity index (χ4v) is 2.28. The Morgan fingerprint density at radius 2 is 1.82 bits per heavy atom. The van der Waals surface area contributed by atoms with Crippen molar-refractivity contribution in [2.45, 2.75) is 52.5 Å². The van der Waals surface area contributed by atoms with Crippen LogP contribution in [-0.2, 0) is 6.42 Å². The highest BCUT2D eigenvalue weighted by atomic mass is 14.8. The third-order valence-corrected chi connectivity index (χ3v) is 3.36. The molecule has 1 heteroatoms. The van der Waals surface area contributed by atoms with E-state index < -0.39 is 0 Å². The Kier molecular flexibility index (Phi) is 5.70. The summed E-state index contributed by atoms with van der Waals surface area (Å²) in [5, 5.41) is 3.31. The molecule has 0 saturated heterocycles. The first kappa shape index (κ1) is 14.2. The van der Waals surface area contributed by atoms with Crippen molar-refractivity contribution in [2.24, 2.45) is 5.92 Å². The van der Waals surface area contributed by atoms with Crippen LogP contribution in [0.4, 0.5) is 0 Å². The molecule has 0 aromatic heterocycles. The fourth-order valence-electron chi connectivity index (χ4n) is 2.28. The van der Waals surface area contributed by atoms with E-state index in [0.29, 0.717) is 12.0 Å². The number of rotatable bonds is 6. The summed E-state index contributed by atoms with van der Waals surface area (Å²) in [7, 11) is 2.03. The maximum Gasteiger partial charge on any atom is 0.00414 e. The van der Waals surface area contributed by atoms with Crippen LogP contribution < -0.4 is 5.32 Å².